The maximum Gasteiger partial charge on any atom is 0.272 e. The van der Waals surface area contributed by atoms with Crippen molar-refractivity contribution in [3.63, 3.8) is 0 Å². The summed E-state index contributed by atoms with van der Waals surface area (Å²) in [6, 6.07) is 16.4. The van der Waals surface area contributed by atoms with Crippen molar-refractivity contribution in [1.29, 1.82) is 0 Å². The predicted molar refractivity (Wildman–Crippen MR) is 162 cm³/mol. The number of halogens is 3. The molecule has 0 radical (unpaired) electrons. The highest BCUT2D eigenvalue weighted by atomic mass is 35.6. The molecule has 0 saturated carbocycles. The molecule has 10 heteroatoms. The van der Waals surface area contributed by atoms with E-state index in [0.29, 0.717) is 6.04 Å². The van der Waals surface area contributed by atoms with Crippen LogP contribution in [0.5, 0.6) is 0 Å². The fourth-order valence-electron chi connectivity index (χ4n) is 6.24. The standard InChI is InChI=1S/C31H40Cl3N3O4/c1-21-27(19-37-16-4-5-26(37)18-36-14-2-3-15-36)40-29(41-28(21)24-10-8-23(20-38)9-11-24)25-12-6-22(7-13-25)17-35-30(39)31(32,33)34/h6-13,21,26-29,38H,2-5,14-20H2,1H3,(H,35,39)/t21-,26+,27+,28+,29+/m1/s1. The largest absolute Gasteiger partial charge is 0.392 e. The van der Waals surface area contributed by atoms with Gasteiger partial charge in [-0.05, 0) is 62.0 Å². The number of nitrogens with one attached hydrogen (secondary N) is 1. The van der Waals surface area contributed by atoms with Crippen molar-refractivity contribution in [3.8, 4) is 0 Å². The van der Waals surface area contributed by atoms with E-state index < -0.39 is 16.0 Å². The summed E-state index contributed by atoms with van der Waals surface area (Å²) in [7, 11) is 0. The summed E-state index contributed by atoms with van der Waals surface area (Å²) in [6.45, 7) is 8.01. The monoisotopic (exact) mass is 623 g/mol. The van der Waals surface area contributed by atoms with Crippen molar-refractivity contribution in [2.75, 3.05) is 32.7 Å². The lowest BCUT2D eigenvalue weighted by atomic mass is 9.90. The van der Waals surface area contributed by atoms with Gasteiger partial charge in [-0.25, -0.2) is 0 Å². The first-order valence-corrected chi connectivity index (χ1v) is 15.8. The topological polar surface area (TPSA) is 74.3 Å². The molecule has 5 rings (SSSR count). The van der Waals surface area contributed by atoms with Crippen molar-refractivity contribution in [1.82, 2.24) is 15.1 Å². The van der Waals surface area contributed by atoms with Gasteiger partial charge in [-0.2, -0.15) is 0 Å². The third-order valence-electron chi connectivity index (χ3n) is 8.67. The summed E-state index contributed by atoms with van der Waals surface area (Å²) in [6.07, 6.45) is 4.37. The highest BCUT2D eigenvalue weighted by molar-refractivity contribution is 6.76. The zero-order valence-electron chi connectivity index (χ0n) is 23.5. The van der Waals surface area contributed by atoms with E-state index in [1.807, 2.05) is 36.4 Å². The number of amides is 1. The minimum atomic E-state index is -2.00. The Morgan fingerprint density at radius 1 is 0.927 bits per heavy atom. The molecule has 7 nitrogen and oxygen atoms in total. The molecule has 0 unspecified atom stereocenters. The van der Waals surface area contributed by atoms with Crippen LogP contribution in [0, 0.1) is 5.92 Å². The molecule has 0 spiro atoms. The van der Waals surface area contributed by atoms with Gasteiger partial charge in [-0.1, -0.05) is 90.3 Å². The predicted octanol–water partition coefficient (Wildman–Crippen LogP) is 5.52. The van der Waals surface area contributed by atoms with Gasteiger partial charge in [0.2, 0.25) is 0 Å². The van der Waals surface area contributed by atoms with E-state index in [4.69, 9.17) is 44.3 Å². The van der Waals surface area contributed by atoms with Crippen LogP contribution in [-0.4, -0.2) is 69.5 Å². The quantitative estimate of drug-likeness (QED) is 0.358. The van der Waals surface area contributed by atoms with Gasteiger partial charge in [0.05, 0.1) is 18.8 Å². The smallest absolute Gasteiger partial charge is 0.272 e. The summed E-state index contributed by atoms with van der Waals surface area (Å²) < 4.78 is 11.3. The molecule has 3 aliphatic rings. The maximum atomic E-state index is 11.9. The molecule has 41 heavy (non-hydrogen) atoms. The highest BCUT2D eigenvalue weighted by Crippen LogP contribution is 2.42. The van der Waals surface area contributed by atoms with Crippen LogP contribution < -0.4 is 5.32 Å². The van der Waals surface area contributed by atoms with Crippen LogP contribution in [0.4, 0.5) is 0 Å². The molecule has 3 saturated heterocycles. The lowest BCUT2D eigenvalue weighted by Gasteiger charge is -2.43. The number of aliphatic hydroxyl groups is 1. The third kappa shape index (κ3) is 7.95. The van der Waals surface area contributed by atoms with Crippen LogP contribution in [0.1, 0.15) is 67.3 Å². The van der Waals surface area contributed by atoms with E-state index >= 15 is 0 Å². The lowest BCUT2D eigenvalue weighted by Crippen LogP contribution is -2.48. The minimum Gasteiger partial charge on any atom is -0.392 e. The molecular formula is C31H40Cl3N3O4. The van der Waals surface area contributed by atoms with Crippen molar-refractivity contribution < 1.29 is 19.4 Å². The molecule has 1 amide bonds. The van der Waals surface area contributed by atoms with Crippen LogP contribution in [0.3, 0.4) is 0 Å². The molecule has 2 aromatic rings. The summed E-state index contributed by atoms with van der Waals surface area (Å²) in [5, 5.41) is 12.2. The van der Waals surface area contributed by atoms with E-state index in [0.717, 1.165) is 41.9 Å². The Kier molecular flexibility index (Phi) is 10.5. The van der Waals surface area contributed by atoms with Crippen LogP contribution in [0.25, 0.3) is 0 Å². The molecule has 2 N–H and O–H groups in total. The second-order valence-corrected chi connectivity index (χ2v) is 13.8. The number of carbonyl (C=O) groups is 1. The maximum absolute atomic E-state index is 11.9. The van der Waals surface area contributed by atoms with E-state index in [9.17, 15) is 9.90 Å². The van der Waals surface area contributed by atoms with Crippen molar-refractivity contribution in [2.45, 2.75) is 74.1 Å². The molecule has 3 aliphatic heterocycles. The summed E-state index contributed by atoms with van der Waals surface area (Å²) in [5.41, 5.74) is 3.73. The minimum absolute atomic E-state index is 0.0115. The second kappa shape index (κ2) is 13.9. The Balaban J connectivity index is 1.32. The molecule has 224 valence electrons. The summed E-state index contributed by atoms with van der Waals surface area (Å²) in [4.78, 5) is 17.2. The normalized spacial score (nSPS) is 27.8. The molecule has 0 bridgehead atoms. The first kappa shape index (κ1) is 31.0. The fraction of sp³-hybridized carbons (Fsp3) is 0.581. The number of carbonyl (C=O) groups excluding carboxylic acids is 1. The van der Waals surface area contributed by atoms with Gasteiger partial charge in [0.1, 0.15) is 0 Å². The summed E-state index contributed by atoms with van der Waals surface area (Å²) >= 11 is 17.0. The Morgan fingerprint density at radius 2 is 1.59 bits per heavy atom. The molecule has 0 aliphatic carbocycles. The number of rotatable bonds is 9. The number of likely N-dealkylation sites (tertiary alicyclic amines) is 2. The van der Waals surface area contributed by atoms with Crippen molar-refractivity contribution in [2.24, 2.45) is 5.92 Å². The van der Waals surface area contributed by atoms with Crippen LogP contribution >= 0.6 is 34.8 Å². The lowest BCUT2D eigenvalue weighted by molar-refractivity contribution is -0.276. The first-order valence-electron chi connectivity index (χ1n) is 14.6. The van der Waals surface area contributed by atoms with Gasteiger partial charge >= 0.3 is 0 Å². The average molecular weight is 625 g/mol. The number of benzene rings is 2. The zero-order chi connectivity index (χ0) is 29.0. The number of hydrogen-bond donors (Lipinski definition) is 2. The molecular weight excluding hydrogens is 585 g/mol. The van der Waals surface area contributed by atoms with Crippen LogP contribution in [-0.2, 0) is 27.4 Å². The van der Waals surface area contributed by atoms with E-state index in [1.165, 1.54) is 38.8 Å². The molecule has 0 aromatic heterocycles. The average Bonchev–Trinajstić information content (AvgIpc) is 3.65. The second-order valence-electron chi connectivity index (χ2n) is 11.5. The highest BCUT2D eigenvalue weighted by Gasteiger charge is 2.41. The van der Waals surface area contributed by atoms with E-state index in [2.05, 4.69) is 34.2 Å². The SMILES string of the molecule is C[C@@H]1[C@H](CN2CCC[C@H]2CN2CCCC2)O[C@H](c2ccc(CNC(=O)C(Cl)(Cl)Cl)cc2)O[C@@H]1c1ccc(CO)cc1. The molecule has 2 aromatic carbocycles. The molecule has 5 atom stereocenters. The van der Waals surface area contributed by atoms with Gasteiger partial charge in [-0.3, -0.25) is 9.69 Å². The number of alkyl halides is 3. The Bertz CT molecular complexity index is 1140. The zero-order valence-corrected chi connectivity index (χ0v) is 25.8. The third-order valence-corrected chi connectivity index (χ3v) is 9.18. The molecule has 3 fully saturated rings. The Labute approximate surface area is 258 Å². The van der Waals surface area contributed by atoms with Gasteiger partial charge in [-0.15, -0.1) is 0 Å². The van der Waals surface area contributed by atoms with Crippen molar-refractivity contribution in [3.05, 3.63) is 70.8 Å². The number of hydrogen-bond acceptors (Lipinski definition) is 6. The Hall–Kier alpha value is -1.42. The van der Waals surface area contributed by atoms with Gasteiger partial charge in [0.15, 0.2) is 6.29 Å². The summed E-state index contributed by atoms with van der Waals surface area (Å²) in [5.74, 6) is -0.530. The van der Waals surface area contributed by atoms with Gasteiger partial charge in [0.25, 0.3) is 9.70 Å². The number of aliphatic hydroxyl groups excluding tert-OH is 1. The van der Waals surface area contributed by atoms with Crippen molar-refractivity contribution >= 4 is 40.7 Å². The van der Waals surface area contributed by atoms with Gasteiger partial charge in [0, 0.05) is 37.2 Å². The van der Waals surface area contributed by atoms with Crippen LogP contribution in [0.2, 0.25) is 0 Å². The van der Waals surface area contributed by atoms with E-state index in [1.54, 1.807) is 0 Å². The van der Waals surface area contributed by atoms with Gasteiger partial charge < -0.3 is 24.8 Å². The molecule has 3 heterocycles. The fourth-order valence-corrected chi connectivity index (χ4v) is 6.44. The number of nitrogens with zero attached hydrogens (tertiary/aromatic N) is 2. The Morgan fingerprint density at radius 3 is 2.24 bits per heavy atom. The number of ether oxygens (including phenoxy) is 2. The van der Waals surface area contributed by atoms with E-state index in [-0.39, 0.29) is 31.3 Å². The van der Waals surface area contributed by atoms with Crippen LogP contribution in [0.15, 0.2) is 48.5 Å². The first-order chi connectivity index (χ1) is 19.7.